The van der Waals surface area contributed by atoms with Crippen LogP contribution >= 0.6 is 0 Å². The Morgan fingerprint density at radius 1 is 1.38 bits per heavy atom. The Morgan fingerprint density at radius 2 is 2.21 bits per heavy atom. The molecular weight excluding hydrogens is 306 g/mol. The summed E-state index contributed by atoms with van der Waals surface area (Å²) in [4.78, 5) is 23.4. The molecule has 0 unspecified atom stereocenters. The maximum Gasteiger partial charge on any atom is 0.225 e. The number of hydrogen-bond acceptors (Lipinski definition) is 5. The molecule has 7 heteroatoms. The van der Waals surface area contributed by atoms with Crippen molar-refractivity contribution in [3.05, 3.63) is 29.8 Å². The van der Waals surface area contributed by atoms with Gasteiger partial charge in [0.05, 0.1) is 30.6 Å². The van der Waals surface area contributed by atoms with E-state index in [1.807, 2.05) is 38.2 Å². The van der Waals surface area contributed by atoms with Crippen LogP contribution < -0.4 is 0 Å². The number of aryl methyl sites for hydroxylation is 1. The number of likely N-dealkylation sites (tertiary alicyclic amines) is 1. The van der Waals surface area contributed by atoms with Gasteiger partial charge in [-0.05, 0) is 0 Å². The zero-order chi connectivity index (χ0) is 16.9. The molecule has 2 aliphatic rings. The van der Waals surface area contributed by atoms with Crippen LogP contribution in [-0.4, -0.2) is 43.6 Å². The maximum absolute atomic E-state index is 12.3. The van der Waals surface area contributed by atoms with E-state index in [0.717, 1.165) is 23.2 Å². The van der Waals surface area contributed by atoms with E-state index in [2.05, 4.69) is 10.1 Å². The number of aromatic nitrogens is 4. The summed E-state index contributed by atoms with van der Waals surface area (Å²) in [5.74, 6) is 0.822. The number of hydrogen-bond donors (Lipinski definition) is 0. The van der Waals surface area contributed by atoms with Crippen LogP contribution in [0.3, 0.4) is 0 Å². The van der Waals surface area contributed by atoms with E-state index in [9.17, 15) is 4.79 Å². The van der Waals surface area contributed by atoms with Crippen molar-refractivity contribution in [2.45, 2.75) is 32.5 Å². The molecule has 126 valence electrons. The van der Waals surface area contributed by atoms with Gasteiger partial charge in [0.15, 0.2) is 5.82 Å². The maximum atomic E-state index is 12.3. The molecule has 1 saturated heterocycles. The highest BCUT2D eigenvalue weighted by Gasteiger charge is 2.48. The number of carbonyl (C=O) groups excluding carboxylic acids is 1. The fourth-order valence-electron chi connectivity index (χ4n) is 3.51. The first-order valence-electron chi connectivity index (χ1n) is 8.27. The van der Waals surface area contributed by atoms with Gasteiger partial charge in [-0.2, -0.15) is 5.10 Å². The molecule has 1 spiro atoms. The Bertz CT molecular complexity index is 800. The zero-order valence-corrected chi connectivity index (χ0v) is 14.2. The zero-order valence-electron chi connectivity index (χ0n) is 14.2. The minimum atomic E-state index is -0.486. The lowest BCUT2D eigenvalue weighted by Gasteiger charge is -2.24. The predicted octanol–water partition coefficient (Wildman–Crippen LogP) is 1.49. The molecule has 24 heavy (non-hydrogen) atoms. The standard InChI is InChI=1S/C17H21N5O2/c1-11(2)16(23)22-5-4-17(10-22)14-13(9-24-17)6-18-15(20-14)12-7-19-21(3)8-12/h6-8,11H,4-5,9-10H2,1-3H3/t17-/m1/s1. The molecule has 2 aromatic heterocycles. The van der Waals surface area contributed by atoms with E-state index in [1.165, 1.54) is 0 Å². The summed E-state index contributed by atoms with van der Waals surface area (Å²) >= 11 is 0. The van der Waals surface area contributed by atoms with Gasteiger partial charge in [-0.3, -0.25) is 9.48 Å². The monoisotopic (exact) mass is 327 g/mol. The smallest absolute Gasteiger partial charge is 0.225 e. The fourth-order valence-corrected chi connectivity index (χ4v) is 3.51. The molecule has 0 aromatic carbocycles. The number of rotatable bonds is 2. The molecule has 2 aromatic rings. The second-order valence-electron chi connectivity index (χ2n) is 6.92. The van der Waals surface area contributed by atoms with Crippen molar-refractivity contribution < 1.29 is 9.53 Å². The van der Waals surface area contributed by atoms with E-state index in [-0.39, 0.29) is 11.8 Å². The van der Waals surface area contributed by atoms with Gasteiger partial charge in [0.2, 0.25) is 5.91 Å². The highest BCUT2D eigenvalue weighted by Crippen LogP contribution is 2.42. The third kappa shape index (κ3) is 2.31. The molecule has 1 amide bonds. The van der Waals surface area contributed by atoms with Crippen molar-refractivity contribution in [2.75, 3.05) is 13.1 Å². The van der Waals surface area contributed by atoms with Gasteiger partial charge in [0.25, 0.3) is 0 Å². The lowest BCUT2D eigenvalue weighted by molar-refractivity contribution is -0.135. The van der Waals surface area contributed by atoms with Crippen LogP contribution in [-0.2, 0) is 28.8 Å². The number of carbonyl (C=O) groups is 1. The Hall–Kier alpha value is -2.28. The SMILES string of the molecule is CC(C)C(=O)N1CC[C@]2(C1)OCc1cnc(-c3cnn(C)c3)nc12. The van der Waals surface area contributed by atoms with Crippen molar-refractivity contribution in [2.24, 2.45) is 13.0 Å². The van der Waals surface area contributed by atoms with E-state index in [1.54, 1.807) is 10.9 Å². The van der Waals surface area contributed by atoms with Gasteiger partial charge in [0, 0.05) is 43.9 Å². The third-order valence-electron chi connectivity index (χ3n) is 4.80. The van der Waals surface area contributed by atoms with Crippen LogP contribution in [0.2, 0.25) is 0 Å². The Morgan fingerprint density at radius 3 is 2.92 bits per heavy atom. The summed E-state index contributed by atoms with van der Waals surface area (Å²) < 4.78 is 7.84. The van der Waals surface area contributed by atoms with Gasteiger partial charge in [-0.1, -0.05) is 13.8 Å². The first-order valence-corrected chi connectivity index (χ1v) is 8.27. The summed E-state index contributed by atoms with van der Waals surface area (Å²) in [6.07, 6.45) is 6.27. The summed E-state index contributed by atoms with van der Waals surface area (Å²) in [5.41, 5.74) is 2.34. The average Bonchev–Trinajstić information content (AvgIpc) is 3.27. The second kappa shape index (κ2) is 5.37. The molecule has 0 N–H and O–H groups in total. The van der Waals surface area contributed by atoms with E-state index >= 15 is 0 Å². The Balaban J connectivity index is 1.67. The van der Waals surface area contributed by atoms with Crippen LogP contribution in [0.1, 0.15) is 31.5 Å². The van der Waals surface area contributed by atoms with Gasteiger partial charge in [-0.25, -0.2) is 9.97 Å². The van der Waals surface area contributed by atoms with Crippen molar-refractivity contribution in [1.82, 2.24) is 24.6 Å². The number of amides is 1. The van der Waals surface area contributed by atoms with E-state index in [0.29, 0.717) is 25.5 Å². The Kier molecular flexibility index (Phi) is 3.42. The largest absolute Gasteiger partial charge is 0.362 e. The fraction of sp³-hybridized carbons (Fsp3) is 0.529. The molecule has 1 atom stereocenters. The number of fused-ring (bicyclic) bond motifs is 2. The summed E-state index contributed by atoms with van der Waals surface area (Å²) in [6, 6.07) is 0. The summed E-state index contributed by atoms with van der Waals surface area (Å²) in [6.45, 7) is 5.65. The van der Waals surface area contributed by atoms with Crippen LogP contribution in [0.25, 0.3) is 11.4 Å². The molecule has 4 heterocycles. The van der Waals surface area contributed by atoms with Crippen LogP contribution in [0, 0.1) is 5.92 Å². The average molecular weight is 327 g/mol. The number of nitrogens with zero attached hydrogens (tertiary/aromatic N) is 5. The highest BCUT2D eigenvalue weighted by molar-refractivity contribution is 5.78. The minimum Gasteiger partial charge on any atom is -0.362 e. The van der Waals surface area contributed by atoms with Gasteiger partial charge >= 0.3 is 0 Å². The van der Waals surface area contributed by atoms with Gasteiger partial charge in [0.1, 0.15) is 5.60 Å². The van der Waals surface area contributed by atoms with Crippen molar-refractivity contribution in [1.29, 1.82) is 0 Å². The molecule has 0 radical (unpaired) electrons. The molecule has 0 aliphatic carbocycles. The molecule has 2 aliphatic heterocycles. The molecule has 0 saturated carbocycles. The molecule has 7 nitrogen and oxygen atoms in total. The summed E-state index contributed by atoms with van der Waals surface area (Å²) in [7, 11) is 1.87. The van der Waals surface area contributed by atoms with E-state index < -0.39 is 5.60 Å². The lowest BCUT2D eigenvalue weighted by atomic mass is 9.97. The second-order valence-corrected chi connectivity index (χ2v) is 6.92. The normalized spacial score (nSPS) is 22.6. The van der Waals surface area contributed by atoms with Crippen LogP contribution in [0.5, 0.6) is 0 Å². The lowest BCUT2D eigenvalue weighted by Crippen LogP contribution is -2.36. The molecule has 0 bridgehead atoms. The Labute approximate surface area is 140 Å². The summed E-state index contributed by atoms with van der Waals surface area (Å²) in [5, 5.41) is 4.18. The predicted molar refractivity (Wildman–Crippen MR) is 86.7 cm³/mol. The van der Waals surface area contributed by atoms with E-state index in [4.69, 9.17) is 9.72 Å². The topological polar surface area (TPSA) is 73.1 Å². The highest BCUT2D eigenvalue weighted by atomic mass is 16.5. The van der Waals surface area contributed by atoms with Gasteiger partial charge < -0.3 is 9.64 Å². The van der Waals surface area contributed by atoms with Crippen molar-refractivity contribution >= 4 is 5.91 Å². The molecule has 4 rings (SSSR count). The van der Waals surface area contributed by atoms with Gasteiger partial charge in [-0.15, -0.1) is 0 Å². The third-order valence-corrected chi connectivity index (χ3v) is 4.80. The number of ether oxygens (including phenoxy) is 1. The van der Waals surface area contributed by atoms with Crippen LogP contribution in [0.15, 0.2) is 18.6 Å². The molecule has 1 fully saturated rings. The first-order chi connectivity index (χ1) is 11.5. The van der Waals surface area contributed by atoms with Crippen molar-refractivity contribution in [3.63, 3.8) is 0 Å². The quantitative estimate of drug-likeness (QED) is 0.835. The minimum absolute atomic E-state index is 0.00243. The first kappa shape index (κ1) is 15.3. The van der Waals surface area contributed by atoms with Crippen molar-refractivity contribution in [3.8, 4) is 11.4 Å². The van der Waals surface area contributed by atoms with Crippen LogP contribution in [0.4, 0.5) is 0 Å². The molecular formula is C17H21N5O2.